The molecule has 3 rings (SSSR count). The van der Waals surface area contributed by atoms with Crippen molar-refractivity contribution < 1.29 is 29.0 Å². The monoisotopic (exact) mass is 459 g/mol. The number of hydrogen-bond acceptors (Lipinski definition) is 6. The van der Waals surface area contributed by atoms with Crippen LogP contribution in [0.4, 0.5) is 0 Å². The van der Waals surface area contributed by atoms with Gasteiger partial charge in [-0.1, -0.05) is 55.3 Å². The Balaban J connectivity index is 1.87. The van der Waals surface area contributed by atoms with E-state index in [0.717, 1.165) is 12.0 Å². The highest BCUT2D eigenvalue weighted by molar-refractivity contribution is 6.32. The molecule has 2 aromatic carbocycles. The quantitative estimate of drug-likeness (QED) is 0.459. The number of halogens is 1. The number of cyclic esters (lactones) is 1. The van der Waals surface area contributed by atoms with Crippen LogP contribution in [-0.2, 0) is 27.1 Å². The van der Waals surface area contributed by atoms with Gasteiger partial charge in [-0.2, -0.15) is 0 Å². The minimum Gasteiger partial charge on any atom is -0.506 e. The molecular formula is C24H26ClNO6. The van der Waals surface area contributed by atoms with E-state index in [0.29, 0.717) is 18.4 Å². The number of carbonyl (C=O) groups excluding carboxylic acids is 3. The number of nitrogens with one attached hydrogen (secondary N) is 1. The van der Waals surface area contributed by atoms with Crippen molar-refractivity contribution in [3.05, 3.63) is 63.7 Å². The fraction of sp³-hybridized carbons (Fsp3) is 0.375. The van der Waals surface area contributed by atoms with Crippen LogP contribution in [0.5, 0.6) is 5.75 Å². The second-order valence-electron chi connectivity index (χ2n) is 7.76. The first-order valence-electron chi connectivity index (χ1n) is 10.6. The summed E-state index contributed by atoms with van der Waals surface area (Å²) in [6.45, 7) is 3.94. The molecular weight excluding hydrogens is 434 g/mol. The molecule has 2 unspecified atom stereocenters. The lowest BCUT2D eigenvalue weighted by molar-refractivity contribution is -0.146. The maximum atomic E-state index is 13.0. The van der Waals surface area contributed by atoms with Crippen LogP contribution < -0.4 is 5.32 Å². The van der Waals surface area contributed by atoms with E-state index in [9.17, 15) is 19.5 Å². The molecule has 0 aromatic heterocycles. The Morgan fingerprint density at radius 2 is 2.03 bits per heavy atom. The maximum absolute atomic E-state index is 13.0. The first-order chi connectivity index (χ1) is 15.3. The molecule has 1 heterocycles. The molecule has 0 spiro atoms. The van der Waals surface area contributed by atoms with Gasteiger partial charge >= 0.3 is 11.9 Å². The molecule has 32 heavy (non-hydrogen) atoms. The van der Waals surface area contributed by atoms with Gasteiger partial charge < -0.3 is 19.9 Å². The number of unbranched alkanes of at least 4 members (excludes halogenated alkanes) is 1. The second kappa shape index (κ2) is 10.5. The number of ether oxygens (including phenoxy) is 2. The van der Waals surface area contributed by atoms with E-state index in [2.05, 4.69) is 5.32 Å². The Kier molecular flexibility index (Phi) is 7.75. The van der Waals surface area contributed by atoms with E-state index in [1.54, 1.807) is 6.92 Å². The summed E-state index contributed by atoms with van der Waals surface area (Å²) >= 11 is 6.32. The summed E-state index contributed by atoms with van der Waals surface area (Å²) in [5.41, 5.74) is 0.935. The van der Waals surface area contributed by atoms with Crippen LogP contribution in [0.3, 0.4) is 0 Å². The highest BCUT2D eigenvalue weighted by Gasteiger charge is 2.33. The minimum atomic E-state index is -0.983. The van der Waals surface area contributed by atoms with Gasteiger partial charge in [0.2, 0.25) is 0 Å². The summed E-state index contributed by atoms with van der Waals surface area (Å²) < 4.78 is 10.5. The Bertz CT molecular complexity index is 1010. The van der Waals surface area contributed by atoms with Crippen LogP contribution >= 0.6 is 11.6 Å². The summed E-state index contributed by atoms with van der Waals surface area (Å²) in [6, 6.07) is 9.51. The highest BCUT2D eigenvalue weighted by atomic mass is 35.5. The van der Waals surface area contributed by atoms with Gasteiger partial charge in [0, 0.05) is 17.9 Å². The average Bonchev–Trinajstić information content (AvgIpc) is 2.76. The minimum absolute atomic E-state index is 0.120. The molecule has 2 atom stereocenters. The first-order valence-corrected chi connectivity index (χ1v) is 11.0. The van der Waals surface area contributed by atoms with Gasteiger partial charge in [0.15, 0.2) is 0 Å². The molecule has 7 nitrogen and oxygen atoms in total. The van der Waals surface area contributed by atoms with Crippen molar-refractivity contribution in [3.63, 3.8) is 0 Å². The summed E-state index contributed by atoms with van der Waals surface area (Å²) in [7, 11) is 0. The number of carbonyl (C=O) groups is 3. The number of rotatable bonds is 8. The number of benzene rings is 2. The molecule has 170 valence electrons. The number of amides is 1. The SMILES string of the molecule is CCCCOC(=O)C(Cc1ccccc1)NC(=O)c1cc(Cl)c2c(c1O)C(=O)OC(C)C2. The van der Waals surface area contributed by atoms with Crippen LogP contribution in [0, 0.1) is 0 Å². The third kappa shape index (κ3) is 5.40. The number of phenols is 1. The summed E-state index contributed by atoms with van der Waals surface area (Å²) in [5.74, 6) is -2.58. The van der Waals surface area contributed by atoms with Crippen molar-refractivity contribution in [2.75, 3.05) is 6.61 Å². The van der Waals surface area contributed by atoms with Gasteiger partial charge in [0.05, 0.1) is 12.2 Å². The standard InChI is InChI=1S/C24H26ClNO6/c1-3-4-10-31-23(29)19(12-15-8-6-5-7-9-15)26-22(28)17-13-18(25)16-11-14(2)32-24(30)20(16)21(17)27/h5-9,13-14,19,27H,3-4,10-12H2,1-2H3,(H,26,28). The van der Waals surface area contributed by atoms with Crippen LogP contribution in [0.15, 0.2) is 36.4 Å². The smallest absolute Gasteiger partial charge is 0.342 e. The fourth-order valence-corrected chi connectivity index (χ4v) is 3.82. The van der Waals surface area contributed by atoms with E-state index in [1.165, 1.54) is 6.07 Å². The van der Waals surface area contributed by atoms with Crippen molar-refractivity contribution in [1.82, 2.24) is 5.32 Å². The summed E-state index contributed by atoms with van der Waals surface area (Å²) in [6.07, 6.45) is 1.71. The predicted molar refractivity (Wildman–Crippen MR) is 119 cm³/mol. The molecule has 1 aliphatic heterocycles. The van der Waals surface area contributed by atoms with E-state index < -0.39 is 29.6 Å². The van der Waals surface area contributed by atoms with Crippen molar-refractivity contribution >= 4 is 29.4 Å². The van der Waals surface area contributed by atoms with Crippen molar-refractivity contribution in [3.8, 4) is 5.75 Å². The molecule has 1 aliphatic rings. The molecule has 2 N–H and O–H groups in total. The Morgan fingerprint density at radius 3 is 2.72 bits per heavy atom. The van der Waals surface area contributed by atoms with Gasteiger partial charge in [-0.3, -0.25) is 4.79 Å². The largest absolute Gasteiger partial charge is 0.506 e. The van der Waals surface area contributed by atoms with Gasteiger partial charge in [-0.05, 0) is 30.5 Å². The predicted octanol–water partition coefficient (Wildman–Crippen LogP) is 3.83. The zero-order valence-corrected chi connectivity index (χ0v) is 18.8. The van der Waals surface area contributed by atoms with Crippen LogP contribution in [0.1, 0.15) is 58.5 Å². The van der Waals surface area contributed by atoms with Crippen LogP contribution in [0.2, 0.25) is 5.02 Å². The molecule has 8 heteroatoms. The lowest BCUT2D eigenvalue weighted by atomic mass is 9.95. The molecule has 0 bridgehead atoms. The van der Waals surface area contributed by atoms with Gasteiger partial charge in [0.25, 0.3) is 5.91 Å². The normalized spacial score (nSPS) is 16.0. The Hall–Kier alpha value is -3.06. The number of aromatic hydroxyl groups is 1. The lowest BCUT2D eigenvalue weighted by Gasteiger charge is -2.24. The Labute approximate surface area is 191 Å². The van der Waals surface area contributed by atoms with Gasteiger partial charge in [0.1, 0.15) is 23.5 Å². The van der Waals surface area contributed by atoms with Crippen LogP contribution in [0.25, 0.3) is 0 Å². The Morgan fingerprint density at radius 1 is 1.31 bits per heavy atom. The van der Waals surface area contributed by atoms with E-state index >= 15 is 0 Å². The third-order valence-corrected chi connectivity index (χ3v) is 5.55. The second-order valence-corrected chi connectivity index (χ2v) is 8.17. The summed E-state index contributed by atoms with van der Waals surface area (Å²) in [5, 5.41) is 13.5. The molecule has 2 aromatic rings. The first kappa shape index (κ1) is 23.6. The van der Waals surface area contributed by atoms with E-state index in [-0.39, 0.29) is 35.3 Å². The number of hydrogen-bond donors (Lipinski definition) is 2. The highest BCUT2D eigenvalue weighted by Crippen LogP contribution is 2.36. The molecule has 0 fully saturated rings. The summed E-state index contributed by atoms with van der Waals surface area (Å²) in [4.78, 5) is 38.0. The average molecular weight is 460 g/mol. The van der Waals surface area contributed by atoms with Gasteiger partial charge in [-0.25, -0.2) is 9.59 Å². The molecule has 0 aliphatic carbocycles. The molecule has 0 radical (unpaired) electrons. The number of fused-ring (bicyclic) bond motifs is 1. The number of esters is 2. The topological polar surface area (TPSA) is 102 Å². The van der Waals surface area contributed by atoms with Crippen molar-refractivity contribution in [2.24, 2.45) is 0 Å². The fourth-order valence-electron chi connectivity index (χ4n) is 3.54. The van der Waals surface area contributed by atoms with Gasteiger partial charge in [-0.15, -0.1) is 0 Å². The zero-order chi connectivity index (χ0) is 23.3. The molecule has 0 saturated carbocycles. The number of phenolic OH excluding ortho intramolecular Hbond substituents is 1. The zero-order valence-electron chi connectivity index (χ0n) is 18.0. The van der Waals surface area contributed by atoms with E-state index in [1.807, 2.05) is 37.3 Å². The molecule has 1 amide bonds. The van der Waals surface area contributed by atoms with Crippen molar-refractivity contribution in [1.29, 1.82) is 0 Å². The van der Waals surface area contributed by atoms with E-state index in [4.69, 9.17) is 21.1 Å². The molecule has 0 saturated heterocycles. The maximum Gasteiger partial charge on any atom is 0.342 e. The third-order valence-electron chi connectivity index (χ3n) is 5.22. The van der Waals surface area contributed by atoms with Crippen molar-refractivity contribution in [2.45, 2.75) is 51.7 Å². The van der Waals surface area contributed by atoms with Crippen LogP contribution in [-0.4, -0.2) is 41.7 Å². The lowest BCUT2D eigenvalue weighted by Crippen LogP contribution is -2.43.